The fourth-order valence-electron chi connectivity index (χ4n) is 3.13. The number of hydrogen-bond donors (Lipinski definition) is 1. The molecule has 1 saturated heterocycles. The van der Waals surface area contributed by atoms with Crippen LogP contribution in [0.2, 0.25) is 0 Å². The van der Waals surface area contributed by atoms with Gasteiger partial charge in [0.15, 0.2) is 0 Å². The highest BCUT2D eigenvalue weighted by Crippen LogP contribution is 2.19. The maximum absolute atomic E-state index is 13.5. The van der Waals surface area contributed by atoms with Gasteiger partial charge in [0.25, 0.3) is 0 Å². The van der Waals surface area contributed by atoms with E-state index in [0.717, 1.165) is 25.9 Å². The molecule has 24 heavy (non-hydrogen) atoms. The van der Waals surface area contributed by atoms with Crippen molar-refractivity contribution in [1.29, 1.82) is 0 Å². The minimum Gasteiger partial charge on any atom is -0.389 e. The first-order valence-electron chi connectivity index (χ1n) is 8.28. The number of aromatic nitrogens is 3. The van der Waals surface area contributed by atoms with E-state index >= 15 is 0 Å². The van der Waals surface area contributed by atoms with Crippen molar-refractivity contribution in [3.8, 4) is 0 Å². The van der Waals surface area contributed by atoms with Gasteiger partial charge in [-0.05, 0) is 25.5 Å². The van der Waals surface area contributed by atoms with Gasteiger partial charge >= 0.3 is 0 Å². The number of benzene rings is 1. The summed E-state index contributed by atoms with van der Waals surface area (Å²) < 4.78 is 20.8. The summed E-state index contributed by atoms with van der Waals surface area (Å²) >= 11 is 0. The van der Waals surface area contributed by atoms with Crippen LogP contribution in [-0.2, 0) is 17.9 Å². The summed E-state index contributed by atoms with van der Waals surface area (Å²) in [6.07, 6.45) is 4.85. The lowest BCUT2D eigenvalue weighted by Crippen LogP contribution is -2.40. The Labute approximate surface area is 140 Å². The Kier molecular flexibility index (Phi) is 5.90. The number of aliphatic hydroxyl groups is 1. The third-order valence-electron chi connectivity index (χ3n) is 4.33. The molecule has 0 radical (unpaired) electrons. The van der Waals surface area contributed by atoms with Crippen molar-refractivity contribution in [2.24, 2.45) is 0 Å². The summed E-state index contributed by atoms with van der Waals surface area (Å²) in [4.78, 5) is 6.22. The van der Waals surface area contributed by atoms with Crippen LogP contribution in [0.1, 0.15) is 18.4 Å². The van der Waals surface area contributed by atoms with Gasteiger partial charge in [-0.25, -0.2) is 9.37 Å². The second kappa shape index (κ2) is 8.32. The van der Waals surface area contributed by atoms with Crippen molar-refractivity contribution >= 4 is 0 Å². The van der Waals surface area contributed by atoms with E-state index in [4.69, 9.17) is 4.74 Å². The number of ether oxygens (including phenoxy) is 1. The molecule has 130 valence electrons. The molecule has 1 aromatic heterocycles. The molecule has 0 aliphatic carbocycles. The van der Waals surface area contributed by atoms with Crippen molar-refractivity contribution in [2.75, 3.05) is 19.7 Å². The number of aliphatic hydroxyl groups excluding tert-OH is 1. The number of likely N-dealkylation sites (tertiary alicyclic amines) is 1. The fourth-order valence-corrected chi connectivity index (χ4v) is 3.13. The zero-order chi connectivity index (χ0) is 16.8. The SMILES string of the molecule is OC(COCc1ccccc1F)CN1CCCC1Cn1cncn1. The zero-order valence-electron chi connectivity index (χ0n) is 13.6. The van der Waals surface area contributed by atoms with E-state index in [9.17, 15) is 9.50 Å². The van der Waals surface area contributed by atoms with Crippen molar-refractivity contribution in [2.45, 2.75) is 38.1 Å². The van der Waals surface area contributed by atoms with Gasteiger partial charge in [0, 0.05) is 18.2 Å². The minimum absolute atomic E-state index is 0.173. The summed E-state index contributed by atoms with van der Waals surface area (Å²) in [5, 5.41) is 14.3. The van der Waals surface area contributed by atoms with Crippen LogP contribution < -0.4 is 0 Å². The van der Waals surface area contributed by atoms with Gasteiger partial charge in [0.1, 0.15) is 18.5 Å². The second-order valence-corrected chi connectivity index (χ2v) is 6.17. The molecule has 6 nitrogen and oxygen atoms in total. The number of β-amino-alcohol motifs (C(OH)–C–C–N with tert-alkyl or cyclic N) is 1. The molecule has 3 rings (SSSR count). The number of rotatable bonds is 8. The maximum Gasteiger partial charge on any atom is 0.137 e. The predicted molar refractivity (Wildman–Crippen MR) is 86.7 cm³/mol. The molecular formula is C17H23FN4O2. The molecule has 2 unspecified atom stereocenters. The molecule has 0 amide bonds. The monoisotopic (exact) mass is 334 g/mol. The molecular weight excluding hydrogens is 311 g/mol. The van der Waals surface area contributed by atoms with Crippen molar-refractivity contribution in [3.63, 3.8) is 0 Å². The molecule has 2 atom stereocenters. The quantitative estimate of drug-likeness (QED) is 0.792. The first kappa shape index (κ1) is 17.0. The Morgan fingerprint density at radius 1 is 1.38 bits per heavy atom. The summed E-state index contributed by atoms with van der Waals surface area (Å²) in [5.41, 5.74) is 0.509. The van der Waals surface area contributed by atoms with Gasteiger partial charge in [-0.1, -0.05) is 18.2 Å². The molecule has 1 aromatic carbocycles. The lowest BCUT2D eigenvalue weighted by molar-refractivity contribution is 0.00594. The van der Waals surface area contributed by atoms with E-state index in [1.807, 2.05) is 4.68 Å². The van der Waals surface area contributed by atoms with Crippen LogP contribution in [0.4, 0.5) is 4.39 Å². The molecule has 0 saturated carbocycles. The maximum atomic E-state index is 13.5. The summed E-state index contributed by atoms with van der Waals surface area (Å²) in [7, 11) is 0. The third kappa shape index (κ3) is 4.59. The lowest BCUT2D eigenvalue weighted by Gasteiger charge is -2.26. The first-order chi connectivity index (χ1) is 11.7. The van der Waals surface area contributed by atoms with Crippen molar-refractivity contribution < 1.29 is 14.2 Å². The molecule has 1 N–H and O–H groups in total. The van der Waals surface area contributed by atoms with E-state index < -0.39 is 6.10 Å². The van der Waals surface area contributed by atoms with Crippen molar-refractivity contribution in [3.05, 3.63) is 48.3 Å². The molecule has 7 heteroatoms. The Morgan fingerprint density at radius 2 is 2.25 bits per heavy atom. The van der Waals surface area contributed by atoms with Gasteiger partial charge < -0.3 is 9.84 Å². The average molecular weight is 334 g/mol. The normalized spacial score (nSPS) is 19.7. The predicted octanol–water partition coefficient (Wildman–Crippen LogP) is 1.46. The molecule has 2 heterocycles. The Hall–Kier alpha value is -1.83. The Bertz CT molecular complexity index is 623. The smallest absolute Gasteiger partial charge is 0.137 e. The van der Waals surface area contributed by atoms with Crippen LogP contribution in [0.3, 0.4) is 0 Å². The highest BCUT2D eigenvalue weighted by atomic mass is 19.1. The lowest BCUT2D eigenvalue weighted by atomic mass is 10.2. The van der Waals surface area contributed by atoms with Crippen molar-refractivity contribution in [1.82, 2.24) is 19.7 Å². The highest BCUT2D eigenvalue weighted by Gasteiger charge is 2.26. The molecule has 1 aliphatic rings. The second-order valence-electron chi connectivity index (χ2n) is 6.17. The summed E-state index contributed by atoms with van der Waals surface area (Å²) in [6, 6.07) is 6.88. The molecule has 0 spiro atoms. The topological polar surface area (TPSA) is 63.4 Å². The van der Waals surface area contributed by atoms with Crippen LogP contribution in [-0.4, -0.2) is 56.6 Å². The van der Waals surface area contributed by atoms with Crippen LogP contribution >= 0.6 is 0 Å². The van der Waals surface area contributed by atoms with Gasteiger partial charge in [-0.2, -0.15) is 5.10 Å². The van der Waals surface area contributed by atoms with Crippen LogP contribution in [0.5, 0.6) is 0 Å². The van der Waals surface area contributed by atoms with Gasteiger partial charge in [0.05, 0.1) is 25.9 Å². The first-order valence-corrected chi connectivity index (χ1v) is 8.28. The van der Waals surface area contributed by atoms with E-state index in [1.54, 1.807) is 24.5 Å². The van der Waals surface area contributed by atoms with Gasteiger partial charge in [-0.15, -0.1) is 0 Å². The molecule has 2 aromatic rings. The van der Waals surface area contributed by atoms with Gasteiger partial charge in [0.2, 0.25) is 0 Å². The summed E-state index contributed by atoms with van der Waals surface area (Å²) in [5.74, 6) is -0.278. The third-order valence-corrected chi connectivity index (χ3v) is 4.33. The van der Waals surface area contributed by atoms with Crippen LogP contribution in [0.15, 0.2) is 36.9 Å². The highest BCUT2D eigenvalue weighted by molar-refractivity contribution is 5.16. The minimum atomic E-state index is -0.590. The number of halogens is 1. The van der Waals surface area contributed by atoms with E-state index in [2.05, 4.69) is 15.0 Å². The van der Waals surface area contributed by atoms with E-state index in [0.29, 0.717) is 18.2 Å². The standard InChI is InChI=1S/C17H23FN4O2/c18-17-6-2-1-4-14(17)10-24-11-16(23)9-21-7-3-5-15(21)8-22-13-19-12-20-22/h1-2,4,6,12-13,15-16,23H,3,5,7-11H2. The molecule has 1 aliphatic heterocycles. The molecule has 0 bridgehead atoms. The number of nitrogens with zero attached hydrogens (tertiary/aromatic N) is 4. The largest absolute Gasteiger partial charge is 0.389 e. The van der Waals surface area contributed by atoms with Crippen LogP contribution in [0, 0.1) is 5.82 Å². The average Bonchev–Trinajstić information content (AvgIpc) is 3.22. The Morgan fingerprint density at radius 3 is 3.04 bits per heavy atom. The van der Waals surface area contributed by atoms with E-state index in [-0.39, 0.29) is 19.0 Å². The van der Waals surface area contributed by atoms with Gasteiger partial charge in [-0.3, -0.25) is 9.58 Å². The van der Waals surface area contributed by atoms with Crippen LogP contribution in [0.25, 0.3) is 0 Å². The number of hydrogen-bond acceptors (Lipinski definition) is 5. The molecule has 1 fully saturated rings. The summed E-state index contributed by atoms with van der Waals surface area (Å²) in [6.45, 7) is 2.66. The zero-order valence-corrected chi connectivity index (χ0v) is 13.6. The fraction of sp³-hybridized carbons (Fsp3) is 0.529. The Balaban J connectivity index is 1.42. The van der Waals surface area contributed by atoms with E-state index in [1.165, 1.54) is 12.4 Å².